The van der Waals surface area contributed by atoms with Gasteiger partial charge in [-0.15, -0.1) is 0 Å². The van der Waals surface area contributed by atoms with E-state index < -0.39 is 5.97 Å². The van der Waals surface area contributed by atoms with Crippen LogP contribution in [-0.4, -0.2) is 21.0 Å². The number of benzene rings is 1. The Balaban J connectivity index is 2.41. The fraction of sp³-hybridized carbons (Fsp3) is 0. The Morgan fingerprint density at radius 3 is 2.87 bits per heavy atom. The molecule has 76 valence electrons. The summed E-state index contributed by atoms with van der Waals surface area (Å²) >= 11 is 5.81. The van der Waals surface area contributed by atoms with Gasteiger partial charge in [0.15, 0.2) is 5.69 Å². The van der Waals surface area contributed by atoms with Crippen LogP contribution in [0.2, 0.25) is 5.02 Å². The van der Waals surface area contributed by atoms with Crippen molar-refractivity contribution in [3.05, 3.63) is 41.2 Å². The van der Waals surface area contributed by atoms with Crippen molar-refractivity contribution < 1.29 is 9.90 Å². The lowest BCUT2D eigenvalue weighted by Crippen LogP contribution is -1.95. The molecule has 0 bridgehead atoms. The number of carbonyl (C=O) groups is 1. The number of hydrogen-bond acceptors (Lipinski definition) is 2. The van der Waals surface area contributed by atoms with Crippen molar-refractivity contribution in [1.29, 1.82) is 0 Å². The molecule has 0 aliphatic carbocycles. The molecule has 0 radical (unpaired) electrons. The zero-order valence-electron chi connectivity index (χ0n) is 7.57. The molecule has 1 heterocycles. The Bertz CT molecular complexity index is 508. The van der Waals surface area contributed by atoms with Crippen molar-refractivity contribution in [2.75, 3.05) is 0 Å². The number of carboxylic acid groups (broad SMARTS) is 1. The number of aromatic nitrogens is 2. The highest BCUT2D eigenvalue weighted by molar-refractivity contribution is 6.30. The Morgan fingerprint density at radius 1 is 1.47 bits per heavy atom. The van der Waals surface area contributed by atoms with Gasteiger partial charge in [0.25, 0.3) is 0 Å². The average molecular weight is 223 g/mol. The molecule has 1 aromatic carbocycles. The third-order valence-electron chi connectivity index (χ3n) is 1.90. The molecular formula is C10H7ClN2O2. The van der Waals surface area contributed by atoms with Gasteiger partial charge in [0, 0.05) is 16.8 Å². The number of nitrogens with zero attached hydrogens (tertiary/aromatic N) is 1. The standard InChI is InChI=1S/C10H7ClN2O2/c11-7-3-1-2-6(4-7)9-12-5-8(13-9)10(14)15/h1-5H,(H,12,13)(H,14,15). The van der Waals surface area contributed by atoms with Crippen molar-refractivity contribution in [2.24, 2.45) is 0 Å². The van der Waals surface area contributed by atoms with Crippen LogP contribution in [0.3, 0.4) is 0 Å². The highest BCUT2D eigenvalue weighted by Gasteiger charge is 2.09. The van der Waals surface area contributed by atoms with E-state index in [2.05, 4.69) is 9.97 Å². The predicted molar refractivity (Wildman–Crippen MR) is 56.0 cm³/mol. The average Bonchev–Trinajstić information content (AvgIpc) is 2.66. The number of carboxylic acids is 1. The molecule has 2 rings (SSSR count). The highest BCUT2D eigenvalue weighted by atomic mass is 35.5. The molecule has 0 amide bonds. The van der Waals surface area contributed by atoms with Crippen LogP contribution in [0.1, 0.15) is 10.5 Å². The first-order valence-corrected chi connectivity index (χ1v) is 4.59. The SMILES string of the molecule is O=C(O)c1c[nH]c(-c2cccc(Cl)c2)n1. The van der Waals surface area contributed by atoms with Crippen LogP contribution >= 0.6 is 11.6 Å². The topological polar surface area (TPSA) is 66.0 Å². The molecule has 15 heavy (non-hydrogen) atoms. The maximum absolute atomic E-state index is 10.6. The molecule has 0 fully saturated rings. The predicted octanol–water partition coefficient (Wildman–Crippen LogP) is 2.43. The lowest BCUT2D eigenvalue weighted by atomic mass is 10.2. The Labute approximate surface area is 90.5 Å². The summed E-state index contributed by atoms with van der Waals surface area (Å²) in [4.78, 5) is 17.3. The van der Waals surface area contributed by atoms with Crippen molar-refractivity contribution in [3.63, 3.8) is 0 Å². The summed E-state index contributed by atoms with van der Waals surface area (Å²) < 4.78 is 0. The van der Waals surface area contributed by atoms with Gasteiger partial charge in [-0.25, -0.2) is 9.78 Å². The molecule has 2 aromatic rings. The Hall–Kier alpha value is -1.81. The lowest BCUT2D eigenvalue weighted by molar-refractivity contribution is 0.0691. The number of rotatable bonds is 2. The van der Waals surface area contributed by atoms with Crippen molar-refractivity contribution >= 4 is 17.6 Å². The number of hydrogen-bond donors (Lipinski definition) is 2. The molecule has 0 atom stereocenters. The lowest BCUT2D eigenvalue weighted by Gasteiger charge is -1.96. The van der Waals surface area contributed by atoms with Crippen LogP contribution < -0.4 is 0 Å². The van der Waals surface area contributed by atoms with Crippen LogP contribution in [0, 0.1) is 0 Å². The van der Waals surface area contributed by atoms with Gasteiger partial charge in [-0.1, -0.05) is 23.7 Å². The van der Waals surface area contributed by atoms with Gasteiger partial charge in [-0.3, -0.25) is 0 Å². The first-order chi connectivity index (χ1) is 7.16. The van der Waals surface area contributed by atoms with E-state index in [-0.39, 0.29) is 5.69 Å². The summed E-state index contributed by atoms with van der Waals surface area (Å²) in [5.41, 5.74) is 0.750. The molecule has 2 N–H and O–H groups in total. The van der Waals surface area contributed by atoms with Crippen LogP contribution in [0.25, 0.3) is 11.4 Å². The van der Waals surface area contributed by atoms with Crippen LogP contribution in [0.5, 0.6) is 0 Å². The molecule has 4 nitrogen and oxygen atoms in total. The normalized spacial score (nSPS) is 10.2. The van der Waals surface area contributed by atoms with Gasteiger partial charge < -0.3 is 10.1 Å². The monoisotopic (exact) mass is 222 g/mol. The van der Waals surface area contributed by atoms with E-state index in [1.54, 1.807) is 24.3 Å². The van der Waals surface area contributed by atoms with Crippen LogP contribution in [0.15, 0.2) is 30.5 Å². The quantitative estimate of drug-likeness (QED) is 0.820. The van der Waals surface area contributed by atoms with E-state index in [1.807, 2.05) is 0 Å². The molecule has 0 unspecified atom stereocenters. The van der Waals surface area contributed by atoms with Crippen molar-refractivity contribution in [3.8, 4) is 11.4 Å². The van der Waals surface area contributed by atoms with Gasteiger partial charge in [0.05, 0.1) is 0 Å². The summed E-state index contributed by atoms with van der Waals surface area (Å²) in [7, 11) is 0. The van der Waals surface area contributed by atoms with E-state index in [0.29, 0.717) is 10.8 Å². The van der Waals surface area contributed by atoms with Gasteiger partial charge >= 0.3 is 5.97 Å². The number of nitrogens with one attached hydrogen (secondary N) is 1. The first-order valence-electron chi connectivity index (χ1n) is 4.21. The van der Waals surface area contributed by atoms with E-state index in [9.17, 15) is 4.79 Å². The number of imidazole rings is 1. The summed E-state index contributed by atoms with van der Waals surface area (Å²) in [6, 6.07) is 7.04. The zero-order valence-corrected chi connectivity index (χ0v) is 8.32. The number of halogens is 1. The first kappa shape index (κ1) is 9.73. The van der Waals surface area contributed by atoms with Gasteiger partial charge in [0.1, 0.15) is 5.82 Å². The Kier molecular flexibility index (Phi) is 2.43. The molecule has 5 heteroatoms. The van der Waals surface area contributed by atoms with Gasteiger partial charge in [0.2, 0.25) is 0 Å². The van der Waals surface area contributed by atoms with Crippen LogP contribution in [0.4, 0.5) is 0 Å². The molecule has 0 aliphatic heterocycles. The third kappa shape index (κ3) is 1.99. The second kappa shape index (κ2) is 3.74. The largest absolute Gasteiger partial charge is 0.476 e. The van der Waals surface area contributed by atoms with E-state index in [0.717, 1.165) is 5.56 Å². The molecular weight excluding hydrogens is 216 g/mol. The Morgan fingerprint density at radius 2 is 2.27 bits per heavy atom. The number of aromatic amines is 1. The number of aromatic carboxylic acids is 1. The third-order valence-corrected chi connectivity index (χ3v) is 2.13. The van der Waals surface area contributed by atoms with Crippen molar-refractivity contribution in [2.45, 2.75) is 0 Å². The summed E-state index contributed by atoms with van der Waals surface area (Å²) in [5, 5.41) is 9.28. The second-order valence-electron chi connectivity index (χ2n) is 2.95. The smallest absolute Gasteiger partial charge is 0.356 e. The van der Waals surface area contributed by atoms with Crippen molar-refractivity contribution in [1.82, 2.24) is 9.97 Å². The second-order valence-corrected chi connectivity index (χ2v) is 3.39. The maximum Gasteiger partial charge on any atom is 0.356 e. The van der Waals surface area contributed by atoms with E-state index in [1.165, 1.54) is 6.20 Å². The fourth-order valence-electron chi connectivity index (χ4n) is 1.21. The minimum atomic E-state index is -1.06. The minimum Gasteiger partial charge on any atom is -0.476 e. The van der Waals surface area contributed by atoms with Crippen LogP contribution in [-0.2, 0) is 0 Å². The highest BCUT2D eigenvalue weighted by Crippen LogP contribution is 2.19. The number of H-pyrrole nitrogens is 1. The van der Waals surface area contributed by atoms with E-state index >= 15 is 0 Å². The van der Waals surface area contributed by atoms with Gasteiger partial charge in [-0.05, 0) is 12.1 Å². The van der Waals surface area contributed by atoms with E-state index in [4.69, 9.17) is 16.7 Å². The summed E-state index contributed by atoms with van der Waals surface area (Å²) in [6.07, 6.45) is 1.35. The fourth-order valence-corrected chi connectivity index (χ4v) is 1.41. The zero-order chi connectivity index (χ0) is 10.8. The summed E-state index contributed by atoms with van der Waals surface area (Å²) in [6.45, 7) is 0. The molecule has 0 aliphatic rings. The summed E-state index contributed by atoms with van der Waals surface area (Å²) in [5.74, 6) is -0.561. The molecule has 0 spiro atoms. The van der Waals surface area contributed by atoms with Gasteiger partial charge in [-0.2, -0.15) is 0 Å². The molecule has 0 saturated carbocycles. The maximum atomic E-state index is 10.6. The molecule has 0 saturated heterocycles. The molecule has 1 aromatic heterocycles. The minimum absolute atomic E-state index is 0.00928.